The van der Waals surface area contributed by atoms with Crippen LogP contribution >= 0.6 is 0 Å². The molecule has 0 bridgehead atoms. The molecule has 0 aliphatic carbocycles. The predicted octanol–water partition coefficient (Wildman–Crippen LogP) is 1.34. The third kappa shape index (κ3) is 4.72. The van der Waals surface area contributed by atoms with Crippen molar-refractivity contribution >= 4 is 47.9 Å². The topological polar surface area (TPSA) is 86.7 Å². The zero-order valence-corrected chi connectivity index (χ0v) is 14.7. The molecule has 0 heterocycles. The Morgan fingerprint density at radius 2 is 0.857 bits per heavy atom. The van der Waals surface area contributed by atoms with Crippen LogP contribution in [0.5, 0.6) is 11.5 Å². The second-order valence-corrected chi connectivity index (χ2v) is 8.03. The Balaban J connectivity index is 0.00000220. The van der Waals surface area contributed by atoms with Gasteiger partial charge in [0.2, 0.25) is 0 Å². The van der Waals surface area contributed by atoms with Crippen molar-refractivity contribution in [1.29, 1.82) is 0 Å². The molecular weight excluding hydrogens is 327 g/mol. The number of rotatable bonds is 5. The average Bonchev–Trinajstić information content (AvgIpc) is 2.40. The van der Waals surface area contributed by atoms with Crippen molar-refractivity contribution in [3.63, 3.8) is 0 Å². The van der Waals surface area contributed by atoms with Gasteiger partial charge < -0.3 is 8.37 Å². The fourth-order valence-electron chi connectivity index (χ4n) is 1.27. The first kappa shape index (κ1) is 18.0. The van der Waals surface area contributed by atoms with Crippen molar-refractivity contribution < 1.29 is 25.2 Å². The summed E-state index contributed by atoms with van der Waals surface area (Å²) in [5.74, 6) is -0.236. The minimum Gasteiger partial charge on any atom is -0.369 e. The molecule has 2 aromatic carbocycles. The van der Waals surface area contributed by atoms with Crippen molar-refractivity contribution in [3.8, 4) is 11.5 Å². The van der Waals surface area contributed by atoms with E-state index in [1.165, 1.54) is 48.5 Å². The van der Waals surface area contributed by atoms with Gasteiger partial charge in [-0.05, 0) is 24.3 Å². The molecule has 0 amide bonds. The van der Waals surface area contributed by atoms with Crippen molar-refractivity contribution in [1.82, 2.24) is 0 Å². The maximum atomic E-state index is 11.7. The Morgan fingerprint density at radius 1 is 0.571 bits per heavy atom. The third-order valence-electron chi connectivity index (χ3n) is 2.13. The zero-order valence-electron chi connectivity index (χ0n) is 11.0. The first-order chi connectivity index (χ1) is 9.41. The Hall–Kier alpha value is -1.06. The van der Waals surface area contributed by atoms with Crippen LogP contribution in [0.2, 0.25) is 0 Å². The van der Waals surface area contributed by atoms with Crippen LogP contribution in [0, 0.1) is 0 Å². The van der Waals surface area contributed by atoms with Gasteiger partial charge in [0.25, 0.3) is 0 Å². The summed E-state index contributed by atoms with van der Waals surface area (Å²) in [5.41, 5.74) is 0. The Labute approximate surface area is 144 Å². The average molecular weight is 337 g/mol. The van der Waals surface area contributed by atoms with E-state index in [9.17, 15) is 16.8 Å². The minimum atomic E-state index is -4.96. The van der Waals surface area contributed by atoms with Gasteiger partial charge in [0.15, 0.2) is 0 Å². The molecule has 0 aliphatic rings. The molecule has 2 aromatic rings. The molecule has 0 aromatic heterocycles. The van der Waals surface area contributed by atoms with Gasteiger partial charge in [-0.2, -0.15) is 16.8 Å². The van der Waals surface area contributed by atoms with Crippen LogP contribution in [0.15, 0.2) is 60.7 Å². The quantitative estimate of drug-likeness (QED) is 0.604. The summed E-state index contributed by atoms with van der Waals surface area (Å²) in [7, 11) is -9.92. The molecular formula is C12H10NaO6S2. The molecule has 107 valence electrons. The van der Waals surface area contributed by atoms with Gasteiger partial charge in [-0.1, -0.05) is 36.4 Å². The predicted molar refractivity (Wildman–Crippen MR) is 77.7 cm³/mol. The van der Waals surface area contributed by atoms with Crippen LogP contribution in [-0.2, 0) is 18.3 Å². The summed E-state index contributed by atoms with van der Waals surface area (Å²) in [5, 5.41) is 0. The van der Waals surface area contributed by atoms with Crippen LogP contribution < -0.4 is 8.37 Å². The van der Waals surface area contributed by atoms with Crippen molar-refractivity contribution in [2.75, 3.05) is 0 Å². The van der Waals surface area contributed by atoms with Crippen LogP contribution in [0.1, 0.15) is 0 Å². The zero-order chi connectivity index (χ0) is 14.6. The monoisotopic (exact) mass is 337 g/mol. The van der Waals surface area contributed by atoms with Gasteiger partial charge in [-0.25, -0.2) is 0 Å². The van der Waals surface area contributed by atoms with E-state index in [0.29, 0.717) is 0 Å². The molecule has 2 rings (SSSR count). The number of para-hydroxylation sites is 2. The Morgan fingerprint density at radius 3 is 1.14 bits per heavy atom. The van der Waals surface area contributed by atoms with Crippen LogP contribution in [0.4, 0.5) is 0 Å². The summed E-state index contributed by atoms with van der Waals surface area (Å²) < 4.78 is 55.8. The first-order valence-corrected chi connectivity index (χ1v) is 8.73. The van der Waals surface area contributed by atoms with E-state index in [-0.39, 0.29) is 41.1 Å². The second kappa shape index (κ2) is 7.28. The molecule has 0 saturated heterocycles. The van der Waals surface area contributed by atoms with Gasteiger partial charge >= 0.3 is 18.3 Å². The fourth-order valence-corrected chi connectivity index (χ4v) is 3.10. The van der Waals surface area contributed by atoms with Gasteiger partial charge in [0.05, 0.1) is 0 Å². The minimum absolute atomic E-state index is 0. The standard InChI is InChI=1S/C12H10O6S2.Na/c13-19(14,17-11-7-3-1-4-8-11)20(15,16)18-12-9-5-2-6-10-12;/h1-10H;. The molecule has 0 unspecified atom stereocenters. The SMILES string of the molecule is O=S(=O)(Oc1ccccc1)S(=O)(=O)Oc1ccccc1.[Na]. The van der Waals surface area contributed by atoms with Crippen molar-refractivity contribution in [2.24, 2.45) is 0 Å². The van der Waals surface area contributed by atoms with E-state index in [1.807, 2.05) is 0 Å². The van der Waals surface area contributed by atoms with E-state index < -0.39 is 18.3 Å². The van der Waals surface area contributed by atoms with Crippen LogP contribution in [0.3, 0.4) is 0 Å². The second-order valence-electron chi connectivity index (χ2n) is 3.61. The van der Waals surface area contributed by atoms with Crippen molar-refractivity contribution in [2.45, 2.75) is 0 Å². The molecule has 6 nitrogen and oxygen atoms in total. The molecule has 0 fully saturated rings. The molecule has 9 heteroatoms. The third-order valence-corrected chi connectivity index (χ3v) is 5.33. The summed E-state index contributed by atoms with van der Waals surface area (Å²) in [6, 6.07) is 14.6. The summed E-state index contributed by atoms with van der Waals surface area (Å²) in [4.78, 5) is 0. The van der Waals surface area contributed by atoms with Crippen LogP contribution in [-0.4, -0.2) is 46.4 Å². The van der Waals surface area contributed by atoms with Gasteiger partial charge in [-0.15, -0.1) is 0 Å². The Bertz CT molecular complexity index is 704. The molecule has 0 N–H and O–H groups in total. The summed E-state index contributed by atoms with van der Waals surface area (Å²) >= 11 is 0. The van der Waals surface area contributed by atoms with Gasteiger partial charge in [0.1, 0.15) is 11.5 Å². The van der Waals surface area contributed by atoms with E-state index in [0.717, 1.165) is 0 Å². The molecule has 21 heavy (non-hydrogen) atoms. The Kier molecular flexibility index (Phi) is 6.24. The summed E-state index contributed by atoms with van der Waals surface area (Å²) in [6.45, 7) is 0. The maximum absolute atomic E-state index is 11.7. The first-order valence-electron chi connectivity index (χ1n) is 5.40. The smallest absolute Gasteiger partial charge is 0.369 e. The van der Waals surface area contributed by atoms with Gasteiger partial charge in [0, 0.05) is 29.6 Å². The molecule has 0 aliphatic heterocycles. The fraction of sp³-hybridized carbons (Fsp3) is 0. The van der Waals surface area contributed by atoms with E-state index in [4.69, 9.17) is 0 Å². The molecule has 1 radical (unpaired) electrons. The summed E-state index contributed by atoms with van der Waals surface area (Å²) in [6.07, 6.45) is 0. The number of hydrogen-bond acceptors (Lipinski definition) is 6. The largest absolute Gasteiger partial charge is 0.454 e. The van der Waals surface area contributed by atoms with Gasteiger partial charge in [-0.3, -0.25) is 0 Å². The molecule has 0 saturated carbocycles. The van der Waals surface area contributed by atoms with Crippen molar-refractivity contribution in [3.05, 3.63) is 60.7 Å². The normalized spacial score (nSPS) is 11.2. The maximum Gasteiger partial charge on any atom is 0.454 e. The van der Waals surface area contributed by atoms with Crippen LogP contribution in [0.25, 0.3) is 0 Å². The molecule has 0 atom stereocenters. The molecule has 0 spiro atoms. The number of hydrogen-bond donors (Lipinski definition) is 0. The number of benzene rings is 2. The van der Waals surface area contributed by atoms with E-state index in [2.05, 4.69) is 8.37 Å². The van der Waals surface area contributed by atoms with E-state index in [1.54, 1.807) is 12.1 Å². The van der Waals surface area contributed by atoms with E-state index >= 15 is 0 Å².